The summed E-state index contributed by atoms with van der Waals surface area (Å²) < 4.78 is 0. The molecular weight excluding hydrogens is 264 g/mol. The second-order valence-electron chi connectivity index (χ2n) is 6.16. The number of anilines is 1. The molecule has 1 amide bonds. The smallest absolute Gasteiger partial charge is 0.254 e. The van der Waals surface area contributed by atoms with Gasteiger partial charge in [-0.3, -0.25) is 4.79 Å². The molecule has 5 heteroatoms. The summed E-state index contributed by atoms with van der Waals surface area (Å²) in [5, 5.41) is 0. The van der Waals surface area contributed by atoms with Crippen LogP contribution in [-0.2, 0) is 0 Å². The van der Waals surface area contributed by atoms with Crippen molar-refractivity contribution in [1.82, 2.24) is 9.88 Å². The molecule has 3 N–H and O–H groups in total. The second kappa shape index (κ2) is 6.89. The number of nitrogens with zero attached hydrogens (tertiary/aromatic N) is 2. The van der Waals surface area contributed by atoms with Gasteiger partial charge in [-0.05, 0) is 43.2 Å². The molecule has 0 bridgehead atoms. The predicted molar refractivity (Wildman–Crippen MR) is 85.1 cm³/mol. The molecule has 1 aromatic rings. The van der Waals surface area contributed by atoms with E-state index in [2.05, 4.69) is 31.2 Å². The van der Waals surface area contributed by atoms with Crippen molar-refractivity contribution in [3.05, 3.63) is 23.4 Å². The number of hydrogen-bond acceptors (Lipinski definition) is 4. The van der Waals surface area contributed by atoms with Crippen LogP contribution >= 0.6 is 0 Å². The second-order valence-corrected chi connectivity index (χ2v) is 6.16. The van der Waals surface area contributed by atoms with Gasteiger partial charge in [-0.25, -0.2) is 10.8 Å². The molecule has 0 aromatic carbocycles. The third-order valence-electron chi connectivity index (χ3n) is 3.79. The normalized spacial score (nSPS) is 14.3. The Morgan fingerprint density at radius 3 is 2.71 bits per heavy atom. The molecule has 1 fully saturated rings. The highest BCUT2D eigenvalue weighted by Gasteiger charge is 2.27. The largest absolute Gasteiger partial charge is 0.338 e. The quantitative estimate of drug-likeness (QED) is 0.598. The average molecular weight is 290 g/mol. The summed E-state index contributed by atoms with van der Waals surface area (Å²) in [5.74, 6) is 7.06. The number of amides is 1. The molecule has 0 spiro atoms. The standard InChI is InChI=1S/C16H26N4O/c1-4-7-20(10-12-5-6-12)16(21)13-8-14(11(2)3)18-15(9-13)19-17/h8-9,11-12H,4-7,10,17H2,1-3H3,(H,18,19). The summed E-state index contributed by atoms with van der Waals surface area (Å²) >= 11 is 0. The van der Waals surface area contributed by atoms with Gasteiger partial charge in [0.05, 0.1) is 0 Å². The Hall–Kier alpha value is -1.62. The van der Waals surface area contributed by atoms with Gasteiger partial charge in [-0.15, -0.1) is 0 Å². The highest BCUT2D eigenvalue weighted by Crippen LogP contribution is 2.30. The van der Waals surface area contributed by atoms with E-state index < -0.39 is 0 Å². The van der Waals surface area contributed by atoms with Gasteiger partial charge in [0.1, 0.15) is 5.82 Å². The van der Waals surface area contributed by atoms with E-state index in [1.807, 2.05) is 11.0 Å². The summed E-state index contributed by atoms with van der Waals surface area (Å²) in [7, 11) is 0. The molecule has 2 rings (SSSR count). The van der Waals surface area contributed by atoms with E-state index >= 15 is 0 Å². The van der Waals surface area contributed by atoms with Gasteiger partial charge in [0, 0.05) is 24.3 Å². The molecule has 0 unspecified atom stereocenters. The fourth-order valence-corrected chi connectivity index (χ4v) is 2.39. The number of pyridine rings is 1. The van der Waals surface area contributed by atoms with E-state index in [4.69, 9.17) is 5.84 Å². The van der Waals surface area contributed by atoms with Crippen molar-refractivity contribution in [2.75, 3.05) is 18.5 Å². The molecular formula is C16H26N4O. The van der Waals surface area contributed by atoms with Crippen LogP contribution in [0.15, 0.2) is 12.1 Å². The molecule has 1 aromatic heterocycles. The van der Waals surface area contributed by atoms with Crippen molar-refractivity contribution < 1.29 is 4.79 Å². The molecule has 1 aliphatic carbocycles. The lowest BCUT2D eigenvalue weighted by atomic mass is 10.1. The molecule has 1 heterocycles. The number of carbonyl (C=O) groups excluding carboxylic acids is 1. The van der Waals surface area contributed by atoms with Crippen LogP contribution < -0.4 is 11.3 Å². The Morgan fingerprint density at radius 2 is 2.19 bits per heavy atom. The highest BCUT2D eigenvalue weighted by molar-refractivity contribution is 5.95. The van der Waals surface area contributed by atoms with E-state index in [1.165, 1.54) is 12.8 Å². The van der Waals surface area contributed by atoms with E-state index in [0.29, 0.717) is 17.3 Å². The van der Waals surface area contributed by atoms with Crippen LogP contribution in [0.3, 0.4) is 0 Å². The van der Waals surface area contributed by atoms with Gasteiger partial charge < -0.3 is 10.3 Å². The maximum atomic E-state index is 12.8. The minimum atomic E-state index is 0.0875. The van der Waals surface area contributed by atoms with Crippen molar-refractivity contribution in [3.8, 4) is 0 Å². The van der Waals surface area contributed by atoms with Crippen LogP contribution in [0, 0.1) is 5.92 Å². The third-order valence-corrected chi connectivity index (χ3v) is 3.79. The summed E-state index contributed by atoms with van der Waals surface area (Å²) in [6.45, 7) is 7.90. The zero-order valence-electron chi connectivity index (χ0n) is 13.2. The zero-order chi connectivity index (χ0) is 15.4. The molecule has 0 aliphatic heterocycles. The maximum Gasteiger partial charge on any atom is 0.254 e. The third kappa shape index (κ3) is 4.17. The fourth-order valence-electron chi connectivity index (χ4n) is 2.39. The van der Waals surface area contributed by atoms with Crippen molar-refractivity contribution >= 4 is 11.7 Å². The van der Waals surface area contributed by atoms with Gasteiger partial charge in [0.2, 0.25) is 0 Å². The minimum absolute atomic E-state index is 0.0875. The number of rotatable bonds is 7. The first kappa shape index (κ1) is 15.8. The van der Waals surface area contributed by atoms with Crippen molar-refractivity contribution in [3.63, 3.8) is 0 Å². The molecule has 0 radical (unpaired) electrons. The van der Waals surface area contributed by atoms with E-state index in [0.717, 1.165) is 25.2 Å². The fraction of sp³-hybridized carbons (Fsp3) is 0.625. The highest BCUT2D eigenvalue weighted by atomic mass is 16.2. The Balaban J connectivity index is 2.24. The Morgan fingerprint density at radius 1 is 1.48 bits per heavy atom. The number of aromatic nitrogens is 1. The number of nitrogen functional groups attached to an aromatic ring is 1. The number of nitrogens with one attached hydrogen (secondary N) is 1. The monoisotopic (exact) mass is 290 g/mol. The maximum absolute atomic E-state index is 12.8. The van der Waals surface area contributed by atoms with Gasteiger partial charge in [0.25, 0.3) is 5.91 Å². The SMILES string of the molecule is CCCN(CC1CC1)C(=O)c1cc(NN)nc(C(C)C)c1. The molecule has 1 saturated carbocycles. The number of hydrazine groups is 1. The number of carbonyl (C=O) groups is 1. The summed E-state index contributed by atoms with van der Waals surface area (Å²) in [4.78, 5) is 19.1. The molecule has 116 valence electrons. The minimum Gasteiger partial charge on any atom is -0.338 e. The first-order valence-corrected chi connectivity index (χ1v) is 7.83. The van der Waals surface area contributed by atoms with Gasteiger partial charge >= 0.3 is 0 Å². The molecule has 1 aliphatic rings. The van der Waals surface area contributed by atoms with Crippen molar-refractivity contribution in [1.29, 1.82) is 0 Å². The van der Waals surface area contributed by atoms with Crippen LogP contribution in [0.5, 0.6) is 0 Å². The van der Waals surface area contributed by atoms with Gasteiger partial charge in [-0.1, -0.05) is 20.8 Å². The lowest BCUT2D eigenvalue weighted by Gasteiger charge is -2.23. The summed E-state index contributed by atoms with van der Waals surface area (Å²) in [6.07, 6.45) is 3.47. The number of nitrogens with two attached hydrogens (primary N) is 1. The topological polar surface area (TPSA) is 71.2 Å². The van der Waals surface area contributed by atoms with Crippen molar-refractivity contribution in [2.24, 2.45) is 11.8 Å². The van der Waals surface area contributed by atoms with Crippen LogP contribution in [-0.4, -0.2) is 28.9 Å². The zero-order valence-corrected chi connectivity index (χ0v) is 13.2. The van der Waals surface area contributed by atoms with Gasteiger partial charge in [0.15, 0.2) is 0 Å². The van der Waals surface area contributed by atoms with Crippen LogP contribution in [0.1, 0.15) is 62.0 Å². The first-order valence-electron chi connectivity index (χ1n) is 7.83. The van der Waals surface area contributed by atoms with E-state index in [9.17, 15) is 4.79 Å². The average Bonchev–Trinajstić information content (AvgIpc) is 3.29. The van der Waals surface area contributed by atoms with Gasteiger partial charge in [-0.2, -0.15) is 0 Å². The Labute approximate surface area is 126 Å². The van der Waals surface area contributed by atoms with E-state index in [-0.39, 0.29) is 11.8 Å². The lowest BCUT2D eigenvalue weighted by molar-refractivity contribution is 0.0747. The first-order chi connectivity index (χ1) is 10.0. The van der Waals surface area contributed by atoms with Crippen LogP contribution in [0.2, 0.25) is 0 Å². The summed E-state index contributed by atoms with van der Waals surface area (Å²) in [6, 6.07) is 3.63. The van der Waals surface area contributed by atoms with Crippen LogP contribution in [0.25, 0.3) is 0 Å². The molecule has 0 saturated heterocycles. The molecule has 0 atom stereocenters. The molecule has 5 nitrogen and oxygen atoms in total. The Kier molecular flexibility index (Phi) is 5.17. The summed E-state index contributed by atoms with van der Waals surface area (Å²) in [5.41, 5.74) is 4.12. The predicted octanol–water partition coefficient (Wildman–Crippen LogP) is 2.75. The number of hydrogen-bond donors (Lipinski definition) is 2. The Bertz CT molecular complexity index is 497. The van der Waals surface area contributed by atoms with Crippen molar-refractivity contribution in [2.45, 2.75) is 46.0 Å². The molecule has 21 heavy (non-hydrogen) atoms. The van der Waals surface area contributed by atoms with E-state index in [1.54, 1.807) is 6.07 Å². The lowest BCUT2D eigenvalue weighted by Crippen LogP contribution is -2.34. The van der Waals surface area contributed by atoms with Crippen LogP contribution in [0.4, 0.5) is 5.82 Å².